The molecular formula is C10H16. The highest BCUT2D eigenvalue weighted by molar-refractivity contribution is 5.26. The molecule has 0 heteroatoms. The van der Waals surface area contributed by atoms with Crippen molar-refractivity contribution in [2.24, 2.45) is 23.2 Å². The number of fused-ring (bicyclic) bond motifs is 3. The van der Waals surface area contributed by atoms with Crippen LogP contribution in [0.15, 0.2) is 0 Å². The number of rotatable bonds is 1. The van der Waals surface area contributed by atoms with Gasteiger partial charge in [-0.05, 0) is 42.4 Å². The minimum Gasteiger partial charge on any atom is -0.0651 e. The van der Waals surface area contributed by atoms with Gasteiger partial charge in [0.05, 0.1) is 0 Å². The first-order valence-electron chi connectivity index (χ1n) is 4.89. The predicted octanol–water partition coefficient (Wildman–Crippen LogP) is 2.83. The van der Waals surface area contributed by atoms with E-state index >= 15 is 0 Å². The molecule has 0 aromatic heterocycles. The average Bonchev–Trinajstić information content (AvgIpc) is 2.78. The molecule has 0 aromatic carbocycles. The van der Waals surface area contributed by atoms with Gasteiger partial charge in [-0.15, -0.1) is 0 Å². The van der Waals surface area contributed by atoms with Gasteiger partial charge in [0.1, 0.15) is 0 Å². The van der Waals surface area contributed by atoms with Crippen LogP contribution in [-0.2, 0) is 0 Å². The second-order valence-electron chi connectivity index (χ2n) is 4.56. The Kier molecular flexibility index (Phi) is 0.810. The first kappa shape index (κ1) is 5.62. The van der Waals surface area contributed by atoms with Crippen LogP contribution in [0.5, 0.6) is 0 Å². The zero-order valence-corrected chi connectivity index (χ0v) is 6.77. The molecule has 3 atom stereocenters. The minimum absolute atomic E-state index is 0.967. The minimum atomic E-state index is 0.967. The lowest BCUT2D eigenvalue weighted by atomic mass is 9.82. The maximum absolute atomic E-state index is 2.38. The quantitative estimate of drug-likeness (QED) is 0.520. The van der Waals surface area contributed by atoms with Crippen LogP contribution < -0.4 is 0 Å². The largest absolute Gasteiger partial charge is 0.0651 e. The summed E-state index contributed by atoms with van der Waals surface area (Å²) in [5.41, 5.74) is 0.967. The fraction of sp³-hybridized carbons (Fsp3) is 1.00. The Balaban J connectivity index is 1.84. The third-order valence-electron chi connectivity index (χ3n) is 4.48. The van der Waals surface area contributed by atoms with Crippen molar-refractivity contribution in [3.8, 4) is 0 Å². The third-order valence-corrected chi connectivity index (χ3v) is 4.48. The average molecular weight is 136 g/mol. The SMILES string of the molecule is CCC1CCCC12C1CC12. The lowest BCUT2D eigenvalue weighted by Crippen LogP contribution is -2.16. The first-order chi connectivity index (χ1) is 4.89. The van der Waals surface area contributed by atoms with Crippen molar-refractivity contribution < 1.29 is 0 Å². The fourth-order valence-corrected chi connectivity index (χ4v) is 3.79. The molecule has 3 aliphatic carbocycles. The zero-order chi connectivity index (χ0) is 6.77. The van der Waals surface area contributed by atoms with Gasteiger partial charge in [0.25, 0.3) is 0 Å². The Morgan fingerprint density at radius 2 is 2.20 bits per heavy atom. The van der Waals surface area contributed by atoms with Gasteiger partial charge < -0.3 is 0 Å². The Labute approximate surface area is 63.0 Å². The van der Waals surface area contributed by atoms with E-state index < -0.39 is 0 Å². The van der Waals surface area contributed by atoms with Crippen molar-refractivity contribution >= 4 is 0 Å². The van der Waals surface area contributed by atoms with Crippen molar-refractivity contribution in [2.45, 2.75) is 39.0 Å². The van der Waals surface area contributed by atoms with Gasteiger partial charge in [0.2, 0.25) is 0 Å². The van der Waals surface area contributed by atoms with E-state index in [1.807, 2.05) is 0 Å². The Morgan fingerprint density at radius 1 is 1.40 bits per heavy atom. The van der Waals surface area contributed by atoms with Gasteiger partial charge in [-0.3, -0.25) is 0 Å². The Morgan fingerprint density at radius 3 is 2.60 bits per heavy atom. The van der Waals surface area contributed by atoms with Crippen LogP contribution >= 0.6 is 0 Å². The second-order valence-corrected chi connectivity index (χ2v) is 4.56. The van der Waals surface area contributed by atoms with Crippen LogP contribution in [-0.4, -0.2) is 0 Å². The van der Waals surface area contributed by atoms with E-state index in [4.69, 9.17) is 0 Å². The standard InChI is InChI=1S/C10H16/c1-2-7-4-3-5-10(7)8-6-9(8)10/h7-9H,2-6H2,1H3. The van der Waals surface area contributed by atoms with Gasteiger partial charge in [-0.25, -0.2) is 0 Å². The van der Waals surface area contributed by atoms with Gasteiger partial charge in [-0.2, -0.15) is 0 Å². The molecule has 1 spiro atoms. The lowest BCUT2D eigenvalue weighted by Gasteiger charge is -2.23. The van der Waals surface area contributed by atoms with Crippen LogP contribution in [0, 0.1) is 23.2 Å². The van der Waals surface area contributed by atoms with E-state index in [0.29, 0.717) is 0 Å². The molecule has 0 bridgehead atoms. The summed E-state index contributed by atoms with van der Waals surface area (Å²) in [4.78, 5) is 0. The molecule has 0 nitrogen and oxygen atoms in total. The second kappa shape index (κ2) is 1.44. The molecule has 0 N–H and O–H groups in total. The molecular weight excluding hydrogens is 120 g/mol. The summed E-state index contributed by atoms with van der Waals surface area (Å²) in [7, 11) is 0. The zero-order valence-electron chi connectivity index (χ0n) is 6.77. The van der Waals surface area contributed by atoms with Crippen LogP contribution in [0.4, 0.5) is 0 Å². The molecule has 3 saturated carbocycles. The van der Waals surface area contributed by atoms with Gasteiger partial charge in [0.15, 0.2) is 0 Å². The first-order valence-corrected chi connectivity index (χ1v) is 4.89. The van der Waals surface area contributed by atoms with Crippen LogP contribution in [0.2, 0.25) is 0 Å². The van der Waals surface area contributed by atoms with Crippen LogP contribution in [0.25, 0.3) is 0 Å². The summed E-state index contributed by atoms with van der Waals surface area (Å²) in [6.07, 6.45) is 7.78. The lowest BCUT2D eigenvalue weighted by molar-refractivity contribution is 0.259. The Hall–Kier alpha value is 0. The summed E-state index contributed by atoms with van der Waals surface area (Å²) in [5, 5.41) is 0. The van der Waals surface area contributed by atoms with Crippen molar-refractivity contribution in [2.75, 3.05) is 0 Å². The molecule has 56 valence electrons. The summed E-state index contributed by atoms with van der Waals surface area (Å²) in [6, 6.07) is 0. The highest BCUT2D eigenvalue weighted by Crippen LogP contribution is 2.85. The van der Waals surface area contributed by atoms with E-state index in [0.717, 1.165) is 11.3 Å². The van der Waals surface area contributed by atoms with Crippen molar-refractivity contribution in [3.05, 3.63) is 0 Å². The van der Waals surface area contributed by atoms with E-state index in [1.165, 1.54) is 18.3 Å². The summed E-state index contributed by atoms with van der Waals surface area (Å²) >= 11 is 0. The highest BCUT2D eigenvalue weighted by atomic mass is 14.8. The van der Waals surface area contributed by atoms with Crippen LogP contribution in [0.1, 0.15) is 39.0 Å². The summed E-state index contributed by atoms with van der Waals surface area (Å²) in [6.45, 7) is 2.38. The molecule has 0 aliphatic heterocycles. The highest BCUT2D eigenvalue weighted by Gasteiger charge is 2.78. The molecule has 0 heterocycles. The smallest absolute Gasteiger partial charge is 0.0207 e. The topological polar surface area (TPSA) is 0 Å². The van der Waals surface area contributed by atoms with Crippen molar-refractivity contribution in [1.82, 2.24) is 0 Å². The number of hydrogen-bond donors (Lipinski definition) is 0. The molecule has 3 unspecified atom stereocenters. The molecule has 3 fully saturated rings. The van der Waals surface area contributed by atoms with Gasteiger partial charge in [0, 0.05) is 0 Å². The van der Waals surface area contributed by atoms with E-state index in [2.05, 4.69) is 6.92 Å². The maximum atomic E-state index is 2.38. The molecule has 0 saturated heterocycles. The van der Waals surface area contributed by atoms with Crippen LogP contribution in [0.3, 0.4) is 0 Å². The fourth-order valence-electron chi connectivity index (χ4n) is 3.79. The normalized spacial score (nSPS) is 62.7. The summed E-state index contributed by atoms with van der Waals surface area (Å²) in [5.74, 6) is 3.62. The van der Waals surface area contributed by atoms with E-state index in [1.54, 1.807) is 25.7 Å². The number of hydrogen-bond acceptors (Lipinski definition) is 0. The Bertz CT molecular complexity index is 163. The monoisotopic (exact) mass is 136 g/mol. The summed E-state index contributed by atoms with van der Waals surface area (Å²) < 4.78 is 0. The van der Waals surface area contributed by atoms with Gasteiger partial charge >= 0.3 is 0 Å². The van der Waals surface area contributed by atoms with Gasteiger partial charge in [-0.1, -0.05) is 19.8 Å². The molecule has 0 aromatic rings. The molecule has 3 rings (SSSR count). The molecule has 3 aliphatic rings. The van der Waals surface area contributed by atoms with E-state index in [9.17, 15) is 0 Å². The third kappa shape index (κ3) is 0.408. The molecule has 0 radical (unpaired) electrons. The van der Waals surface area contributed by atoms with Crippen molar-refractivity contribution in [3.63, 3.8) is 0 Å². The predicted molar refractivity (Wildman–Crippen MR) is 41.7 cm³/mol. The van der Waals surface area contributed by atoms with Crippen molar-refractivity contribution in [1.29, 1.82) is 0 Å². The molecule has 10 heavy (non-hydrogen) atoms. The van der Waals surface area contributed by atoms with E-state index in [-0.39, 0.29) is 0 Å². The maximum Gasteiger partial charge on any atom is -0.0207 e. The molecule has 0 amide bonds.